The predicted octanol–water partition coefficient (Wildman–Crippen LogP) is 1.31. The van der Waals surface area contributed by atoms with E-state index in [9.17, 15) is 8.42 Å². The highest BCUT2D eigenvalue weighted by Crippen LogP contribution is 2.15. The average Bonchev–Trinajstić information content (AvgIpc) is 2.22. The van der Waals surface area contributed by atoms with Gasteiger partial charge in [0.25, 0.3) is 0 Å². The third-order valence-electron chi connectivity index (χ3n) is 2.06. The number of sulfonamides is 1. The van der Waals surface area contributed by atoms with Crippen LogP contribution >= 0.6 is 0 Å². The van der Waals surface area contributed by atoms with Crippen molar-refractivity contribution in [2.45, 2.75) is 18.6 Å². The van der Waals surface area contributed by atoms with E-state index in [1.807, 2.05) is 0 Å². The minimum absolute atomic E-state index is 0.251. The fourth-order valence-electron chi connectivity index (χ4n) is 1.17. The van der Waals surface area contributed by atoms with Crippen molar-refractivity contribution in [2.75, 3.05) is 10.5 Å². The van der Waals surface area contributed by atoms with Crippen LogP contribution in [0.4, 0.5) is 11.4 Å². The molecule has 1 rings (SSSR count). The molecule has 0 saturated heterocycles. The number of nitrogens with zero attached hydrogens (tertiary/aromatic N) is 1. The Morgan fingerprint density at radius 1 is 1.44 bits per heavy atom. The van der Waals surface area contributed by atoms with Crippen LogP contribution in [-0.4, -0.2) is 13.7 Å². The molecule has 1 unspecified atom stereocenters. The lowest BCUT2D eigenvalue weighted by Gasteiger charge is -2.11. The first-order chi connectivity index (χ1) is 7.49. The van der Waals surface area contributed by atoms with Crippen LogP contribution in [0.25, 0.3) is 0 Å². The topological polar surface area (TPSA) is 96.0 Å². The van der Waals surface area contributed by atoms with E-state index >= 15 is 0 Å². The van der Waals surface area contributed by atoms with Crippen molar-refractivity contribution in [3.63, 3.8) is 0 Å². The number of nitrogens with one attached hydrogen (secondary N) is 1. The van der Waals surface area contributed by atoms with E-state index in [4.69, 9.17) is 11.0 Å². The van der Waals surface area contributed by atoms with Crippen LogP contribution in [0.1, 0.15) is 13.3 Å². The summed E-state index contributed by atoms with van der Waals surface area (Å²) in [5, 5.41) is 7.66. The molecule has 0 spiro atoms. The molecule has 0 heterocycles. The van der Waals surface area contributed by atoms with Crippen LogP contribution < -0.4 is 10.5 Å². The molecule has 0 bridgehead atoms. The zero-order valence-electron chi connectivity index (χ0n) is 8.84. The second-order valence-corrected chi connectivity index (χ2v) is 5.16. The zero-order chi connectivity index (χ0) is 12.2. The van der Waals surface area contributed by atoms with Gasteiger partial charge in [0.1, 0.15) is 0 Å². The van der Waals surface area contributed by atoms with Crippen molar-refractivity contribution < 1.29 is 8.42 Å². The quantitative estimate of drug-likeness (QED) is 0.774. The van der Waals surface area contributed by atoms with E-state index in [0.717, 1.165) is 0 Å². The highest BCUT2D eigenvalue weighted by atomic mass is 32.2. The molecule has 0 radical (unpaired) electrons. The van der Waals surface area contributed by atoms with Crippen LogP contribution in [-0.2, 0) is 10.0 Å². The summed E-state index contributed by atoms with van der Waals surface area (Å²) in [6.45, 7) is 1.65. The summed E-state index contributed by atoms with van der Waals surface area (Å²) >= 11 is 0. The summed E-state index contributed by atoms with van der Waals surface area (Å²) < 4.78 is 25.7. The van der Waals surface area contributed by atoms with E-state index in [-0.39, 0.29) is 6.42 Å². The molecule has 3 N–H and O–H groups in total. The number of benzene rings is 1. The predicted molar refractivity (Wildman–Crippen MR) is 63.1 cm³/mol. The maximum atomic E-state index is 11.7. The summed E-state index contributed by atoms with van der Waals surface area (Å²) in [7, 11) is -3.64. The van der Waals surface area contributed by atoms with Crippen molar-refractivity contribution in [3.05, 3.63) is 24.3 Å². The van der Waals surface area contributed by atoms with Crippen LogP contribution in [0.15, 0.2) is 24.3 Å². The smallest absolute Gasteiger partial charge is 0.249 e. The number of anilines is 2. The molecule has 86 valence electrons. The Kier molecular flexibility index (Phi) is 3.74. The normalized spacial score (nSPS) is 12.8. The lowest BCUT2D eigenvalue weighted by atomic mass is 10.3. The second kappa shape index (κ2) is 4.86. The van der Waals surface area contributed by atoms with Gasteiger partial charge in [0.15, 0.2) is 5.25 Å². The summed E-state index contributed by atoms with van der Waals surface area (Å²) in [5.74, 6) is 0. The Morgan fingerprint density at radius 3 is 2.44 bits per heavy atom. The summed E-state index contributed by atoms with van der Waals surface area (Å²) in [5.41, 5.74) is 6.43. The number of nitriles is 1. The van der Waals surface area contributed by atoms with Gasteiger partial charge in [-0.05, 0) is 30.7 Å². The van der Waals surface area contributed by atoms with Gasteiger partial charge in [-0.25, -0.2) is 8.42 Å². The van der Waals surface area contributed by atoms with Gasteiger partial charge in [0, 0.05) is 11.4 Å². The standard InChI is InChI=1S/C10H13N3O2S/c1-2-10(7-11)16(14,15)13-9-5-3-8(12)4-6-9/h3-6,10,13H,2,12H2,1H3. The van der Waals surface area contributed by atoms with Crippen LogP contribution in [0.2, 0.25) is 0 Å². The molecule has 1 aromatic rings. The average molecular weight is 239 g/mol. The van der Waals surface area contributed by atoms with Gasteiger partial charge in [0.05, 0.1) is 6.07 Å². The lowest BCUT2D eigenvalue weighted by molar-refractivity contribution is 0.593. The fraction of sp³-hybridized carbons (Fsp3) is 0.300. The number of hydrogen-bond acceptors (Lipinski definition) is 4. The highest BCUT2D eigenvalue weighted by Gasteiger charge is 2.22. The molecular weight excluding hydrogens is 226 g/mol. The Balaban J connectivity index is 2.89. The largest absolute Gasteiger partial charge is 0.399 e. The Bertz CT molecular complexity index is 488. The number of nitrogens with two attached hydrogens (primary N) is 1. The molecule has 0 aliphatic heterocycles. The van der Waals surface area contributed by atoms with Crippen molar-refractivity contribution >= 4 is 21.4 Å². The second-order valence-electron chi connectivity index (χ2n) is 3.30. The number of hydrogen-bond donors (Lipinski definition) is 2. The molecule has 0 saturated carbocycles. The SMILES string of the molecule is CCC(C#N)S(=O)(=O)Nc1ccc(N)cc1. The van der Waals surface area contributed by atoms with E-state index in [1.165, 1.54) is 0 Å². The maximum absolute atomic E-state index is 11.7. The first-order valence-corrected chi connectivity index (χ1v) is 6.31. The van der Waals surface area contributed by atoms with Gasteiger partial charge in [0.2, 0.25) is 10.0 Å². The third-order valence-corrected chi connectivity index (χ3v) is 3.77. The minimum Gasteiger partial charge on any atom is -0.399 e. The Labute approximate surface area is 94.9 Å². The molecule has 0 amide bonds. The molecule has 0 aliphatic carbocycles. The molecular formula is C10H13N3O2S. The molecule has 0 aliphatic rings. The summed E-state index contributed by atoms with van der Waals surface area (Å²) in [6.07, 6.45) is 0.251. The van der Waals surface area contributed by atoms with Crippen molar-refractivity contribution in [1.82, 2.24) is 0 Å². The van der Waals surface area contributed by atoms with E-state index in [2.05, 4.69) is 4.72 Å². The Morgan fingerprint density at radius 2 is 2.00 bits per heavy atom. The monoisotopic (exact) mass is 239 g/mol. The molecule has 1 aromatic carbocycles. The summed E-state index contributed by atoms with van der Waals surface area (Å²) in [6, 6.07) is 8.03. The van der Waals surface area contributed by atoms with E-state index in [0.29, 0.717) is 11.4 Å². The van der Waals surface area contributed by atoms with Crippen LogP contribution in [0.5, 0.6) is 0 Å². The van der Waals surface area contributed by atoms with Crippen molar-refractivity contribution in [2.24, 2.45) is 0 Å². The zero-order valence-corrected chi connectivity index (χ0v) is 9.66. The molecule has 1 atom stereocenters. The number of nitrogen functional groups attached to an aromatic ring is 1. The van der Waals surface area contributed by atoms with Gasteiger partial charge >= 0.3 is 0 Å². The molecule has 0 fully saturated rings. The van der Waals surface area contributed by atoms with Gasteiger partial charge in [-0.3, -0.25) is 4.72 Å². The third kappa shape index (κ3) is 2.87. The Hall–Kier alpha value is -1.74. The molecule has 6 heteroatoms. The molecule has 5 nitrogen and oxygen atoms in total. The van der Waals surface area contributed by atoms with Gasteiger partial charge < -0.3 is 5.73 Å². The van der Waals surface area contributed by atoms with Crippen LogP contribution in [0.3, 0.4) is 0 Å². The van der Waals surface area contributed by atoms with E-state index in [1.54, 1.807) is 37.3 Å². The highest BCUT2D eigenvalue weighted by molar-refractivity contribution is 7.93. The van der Waals surface area contributed by atoms with E-state index < -0.39 is 15.3 Å². The maximum Gasteiger partial charge on any atom is 0.249 e. The minimum atomic E-state index is -3.64. The molecule has 16 heavy (non-hydrogen) atoms. The lowest BCUT2D eigenvalue weighted by Crippen LogP contribution is -2.25. The van der Waals surface area contributed by atoms with Gasteiger partial charge in [-0.1, -0.05) is 6.92 Å². The van der Waals surface area contributed by atoms with Gasteiger partial charge in [-0.2, -0.15) is 5.26 Å². The fourth-order valence-corrected chi connectivity index (χ4v) is 2.35. The first kappa shape index (κ1) is 12.3. The number of rotatable bonds is 4. The van der Waals surface area contributed by atoms with Gasteiger partial charge in [-0.15, -0.1) is 0 Å². The first-order valence-electron chi connectivity index (χ1n) is 4.76. The summed E-state index contributed by atoms with van der Waals surface area (Å²) in [4.78, 5) is 0. The van der Waals surface area contributed by atoms with Crippen LogP contribution in [0, 0.1) is 11.3 Å². The van der Waals surface area contributed by atoms with Crippen molar-refractivity contribution in [1.29, 1.82) is 5.26 Å². The van der Waals surface area contributed by atoms with Crippen molar-refractivity contribution in [3.8, 4) is 6.07 Å². The molecule has 0 aromatic heterocycles.